The van der Waals surface area contributed by atoms with Gasteiger partial charge in [-0.05, 0) is 62.4 Å². The first-order valence-corrected chi connectivity index (χ1v) is 11.1. The van der Waals surface area contributed by atoms with Crippen LogP contribution in [0.3, 0.4) is 0 Å². The lowest BCUT2D eigenvalue weighted by atomic mass is 9.75. The van der Waals surface area contributed by atoms with Gasteiger partial charge in [-0.2, -0.15) is 0 Å². The highest BCUT2D eigenvalue weighted by Crippen LogP contribution is 2.35. The fraction of sp³-hybridized carbons (Fsp3) is 0.680. The maximum Gasteiger partial charge on any atom is 0.306 e. The maximum atomic E-state index is 12.4. The van der Waals surface area contributed by atoms with Crippen LogP contribution in [0, 0.1) is 17.8 Å². The van der Waals surface area contributed by atoms with Crippen molar-refractivity contribution in [1.29, 1.82) is 0 Å². The summed E-state index contributed by atoms with van der Waals surface area (Å²) in [5.74, 6) is 0.994. The van der Waals surface area contributed by atoms with Crippen LogP contribution in [0.1, 0.15) is 93.5 Å². The summed E-state index contributed by atoms with van der Waals surface area (Å²) in [5.41, 5.74) is 0.446. The Morgan fingerprint density at radius 1 is 1.17 bits per heavy atom. The fourth-order valence-corrected chi connectivity index (χ4v) is 4.18. The number of amides is 1. The van der Waals surface area contributed by atoms with E-state index >= 15 is 0 Å². The third kappa shape index (κ3) is 8.20. The first kappa shape index (κ1) is 19.1. The number of hydrogen-bond donors (Lipinski definition) is 1. The van der Waals surface area contributed by atoms with Crippen LogP contribution in [0.2, 0.25) is 0 Å². The van der Waals surface area contributed by atoms with Crippen molar-refractivity contribution < 1.29 is 18.4 Å². The largest absolute Gasteiger partial charge is 0.462 e. The summed E-state index contributed by atoms with van der Waals surface area (Å²) in [6.45, 7) is 4.33. The molecular formula is C25H39NO3. The van der Waals surface area contributed by atoms with Crippen LogP contribution in [0.15, 0.2) is 30.3 Å². The summed E-state index contributed by atoms with van der Waals surface area (Å²) in [5, 5.41) is 2.65. The smallest absolute Gasteiger partial charge is 0.306 e. The van der Waals surface area contributed by atoms with Gasteiger partial charge >= 0.3 is 5.97 Å². The number of nitrogens with one attached hydrogen (secondary N) is 1. The number of unbranched alkanes of at least 4 members (excludes halogenated alkanes) is 2. The van der Waals surface area contributed by atoms with E-state index in [2.05, 4.69) is 26.1 Å². The second-order valence-electron chi connectivity index (χ2n) is 8.85. The first-order chi connectivity index (χ1) is 15.1. The van der Waals surface area contributed by atoms with Gasteiger partial charge < -0.3 is 10.1 Å². The maximum absolute atomic E-state index is 12.4. The molecule has 29 heavy (non-hydrogen) atoms. The molecule has 0 aliphatic heterocycles. The molecule has 0 radical (unpaired) electrons. The quantitative estimate of drug-likeness (QED) is 0.398. The van der Waals surface area contributed by atoms with E-state index in [9.17, 15) is 9.59 Å². The summed E-state index contributed by atoms with van der Waals surface area (Å²) < 4.78 is 29.1. The van der Waals surface area contributed by atoms with Gasteiger partial charge in [-0.1, -0.05) is 58.2 Å². The highest BCUT2D eigenvalue weighted by atomic mass is 16.5. The van der Waals surface area contributed by atoms with E-state index in [0.29, 0.717) is 49.0 Å². The summed E-state index contributed by atoms with van der Waals surface area (Å²) in [4.78, 5) is 24.7. The number of carbonyl (C=O) groups is 2. The van der Waals surface area contributed by atoms with Gasteiger partial charge in [0.05, 0.1) is 0 Å². The summed E-state index contributed by atoms with van der Waals surface area (Å²) in [7, 11) is 0. The van der Waals surface area contributed by atoms with Crippen molar-refractivity contribution in [2.75, 3.05) is 0 Å². The Morgan fingerprint density at radius 2 is 1.93 bits per heavy atom. The molecule has 1 aromatic rings. The van der Waals surface area contributed by atoms with Gasteiger partial charge in [0.1, 0.15) is 6.10 Å². The minimum Gasteiger partial charge on any atom is -0.462 e. The second kappa shape index (κ2) is 12.0. The molecule has 1 aliphatic rings. The number of ether oxygens (including phenoxy) is 1. The topological polar surface area (TPSA) is 55.4 Å². The van der Waals surface area contributed by atoms with E-state index in [1.165, 1.54) is 6.42 Å². The van der Waals surface area contributed by atoms with Gasteiger partial charge in [-0.3, -0.25) is 9.59 Å². The number of esters is 1. The van der Waals surface area contributed by atoms with E-state index < -0.39 is 12.9 Å². The van der Waals surface area contributed by atoms with Crippen molar-refractivity contribution in [2.24, 2.45) is 17.8 Å². The standard InChI is InChI=1S/C25H39NO3/c1-18(2)22-16-15-19(3)17-23(22)29-24(27)14-10-5-7-11-20(4)26-25(28)21-12-8-6-9-13-21/h6,8-9,12-13,18-20,22-23H,5,7,10-11,14-17H2,1-4H3,(H,26,28)/t19-,20-,22+,23-/m1/s1/i4D3. The molecule has 1 saturated carbocycles. The lowest BCUT2D eigenvalue weighted by Gasteiger charge is -2.36. The molecule has 2 rings (SSSR count). The van der Waals surface area contributed by atoms with Gasteiger partial charge in [0.15, 0.2) is 0 Å². The lowest BCUT2D eigenvalue weighted by Crippen LogP contribution is -2.35. The molecule has 1 amide bonds. The molecule has 1 N–H and O–H groups in total. The van der Waals surface area contributed by atoms with Gasteiger partial charge in [-0.15, -0.1) is 0 Å². The third-order valence-corrected chi connectivity index (χ3v) is 5.96. The van der Waals surface area contributed by atoms with E-state index in [1.807, 2.05) is 0 Å². The van der Waals surface area contributed by atoms with Crippen LogP contribution in [0.4, 0.5) is 0 Å². The summed E-state index contributed by atoms with van der Waals surface area (Å²) >= 11 is 0. The molecule has 4 atom stereocenters. The molecule has 1 fully saturated rings. The Labute approximate surface area is 181 Å². The lowest BCUT2D eigenvalue weighted by molar-refractivity contribution is -0.156. The Balaban J connectivity index is 1.74. The van der Waals surface area contributed by atoms with Crippen molar-refractivity contribution in [2.45, 2.75) is 91.1 Å². The predicted octanol–water partition coefficient (Wildman–Crippen LogP) is 5.76. The van der Waals surface area contributed by atoms with Crippen LogP contribution in [0.25, 0.3) is 0 Å². The van der Waals surface area contributed by atoms with Crippen LogP contribution in [-0.4, -0.2) is 24.0 Å². The van der Waals surface area contributed by atoms with Crippen molar-refractivity contribution in [3.63, 3.8) is 0 Å². The highest BCUT2D eigenvalue weighted by molar-refractivity contribution is 5.94. The Hall–Kier alpha value is -1.84. The highest BCUT2D eigenvalue weighted by Gasteiger charge is 2.33. The van der Waals surface area contributed by atoms with E-state index in [4.69, 9.17) is 8.85 Å². The van der Waals surface area contributed by atoms with Gasteiger partial charge in [-0.25, -0.2) is 0 Å². The second-order valence-corrected chi connectivity index (χ2v) is 8.85. The zero-order chi connectivity index (χ0) is 23.7. The summed E-state index contributed by atoms with van der Waals surface area (Å²) in [6.07, 6.45) is 5.97. The predicted molar refractivity (Wildman–Crippen MR) is 118 cm³/mol. The van der Waals surface area contributed by atoms with Crippen LogP contribution < -0.4 is 5.32 Å². The SMILES string of the molecule is [2H]C([2H])([2H])[C@H](CCCCCC(=O)O[C@@H]1C[C@H](C)CC[C@H]1C(C)C)NC(=O)c1ccccc1. The number of hydrogen-bond acceptors (Lipinski definition) is 3. The van der Waals surface area contributed by atoms with E-state index in [0.717, 1.165) is 19.3 Å². The molecule has 4 nitrogen and oxygen atoms in total. The summed E-state index contributed by atoms with van der Waals surface area (Å²) in [6, 6.07) is 7.72. The molecule has 1 aromatic carbocycles. The first-order valence-electron chi connectivity index (χ1n) is 12.6. The molecule has 0 aromatic heterocycles. The minimum atomic E-state index is -2.27. The van der Waals surface area contributed by atoms with E-state index in [-0.39, 0.29) is 18.0 Å². The number of carbonyl (C=O) groups excluding carboxylic acids is 2. The fourth-order valence-electron chi connectivity index (χ4n) is 4.18. The van der Waals surface area contributed by atoms with Crippen molar-refractivity contribution >= 4 is 11.9 Å². The van der Waals surface area contributed by atoms with Gasteiger partial charge in [0, 0.05) is 22.1 Å². The molecule has 0 bridgehead atoms. The molecule has 0 spiro atoms. The number of benzene rings is 1. The average molecular weight is 405 g/mol. The molecular weight excluding hydrogens is 362 g/mol. The van der Waals surface area contributed by atoms with Crippen LogP contribution in [-0.2, 0) is 9.53 Å². The van der Waals surface area contributed by atoms with Gasteiger partial charge in [0.2, 0.25) is 0 Å². The van der Waals surface area contributed by atoms with E-state index in [1.54, 1.807) is 30.3 Å². The molecule has 1 aliphatic carbocycles. The Kier molecular flexibility index (Phi) is 7.92. The third-order valence-electron chi connectivity index (χ3n) is 5.96. The molecule has 0 unspecified atom stereocenters. The Bertz CT molecular complexity index is 721. The zero-order valence-electron chi connectivity index (χ0n) is 21.2. The molecule has 0 saturated heterocycles. The number of rotatable bonds is 10. The molecule has 4 heteroatoms. The zero-order valence-corrected chi connectivity index (χ0v) is 18.2. The molecule has 162 valence electrons. The van der Waals surface area contributed by atoms with Crippen molar-refractivity contribution in [1.82, 2.24) is 5.32 Å². The van der Waals surface area contributed by atoms with Crippen molar-refractivity contribution in [3.05, 3.63) is 35.9 Å². The Morgan fingerprint density at radius 3 is 2.62 bits per heavy atom. The monoisotopic (exact) mass is 404 g/mol. The van der Waals surface area contributed by atoms with Crippen molar-refractivity contribution in [3.8, 4) is 0 Å². The van der Waals surface area contributed by atoms with Crippen LogP contribution in [0.5, 0.6) is 0 Å². The average Bonchev–Trinajstić information content (AvgIpc) is 2.72. The normalized spacial score (nSPS) is 24.8. The molecule has 0 heterocycles. The van der Waals surface area contributed by atoms with Crippen LogP contribution >= 0.6 is 0 Å². The van der Waals surface area contributed by atoms with Gasteiger partial charge in [0.25, 0.3) is 5.91 Å². The minimum absolute atomic E-state index is 0.0133.